The standard InChI is InChI=1S/C10H13ClN2O2S/c1-7-12-5-9(16-7)10(14)13-2-3-15-6-8(13)4-11/h5,8H,2-4,6H2,1H3. The number of carbonyl (C=O) groups is 1. The number of amides is 1. The zero-order valence-corrected chi connectivity index (χ0v) is 10.6. The van der Waals surface area contributed by atoms with Crippen molar-refractivity contribution in [2.24, 2.45) is 0 Å². The molecule has 16 heavy (non-hydrogen) atoms. The maximum Gasteiger partial charge on any atom is 0.266 e. The van der Waals surface area contributed by atoms with E-state index in [0.29, 0.717) is 30.5 Å². The second-order valence-electron chi connectivity index (χ2n) is 3.63. The Morgan fingerprint density at radius 2 is 2.62 bits per heavy atom. The van der Waals surface area contributed by atoms with Crippen LogP contribution in [-0.2, 0) is 4.74 Å². The van der Waals surface area contributed by atoms with Crippen LogP contribution in [0.1, 0.15) is 14.7 Å². The Bertz CT molecular complexity index is 383. The van der Waals surface area contributed by atoms with Gasteiger partial charge in [0.15, 0.2) is 0 Å². The number of carbonyl (C=O) groups excluding carboxylic acids is 1. The monoisotopic (exact) mass is 260 g/mol. The molecule has 1 saturated heterocycles. The fraction of sp³-hybridized carbons (Fsp3) is 0.600. The van der Waals surface area contributed by atoms with E-state index >= 15 is 0 Å². The number of nitrogens with zero attached hydrogens (tertiary/aromatic N) is 2. The lowest BCUT2D eigenvalue weighted by Crippen LogP contribution is -2.49. The summed E-state index contributed by atoms with van der Waals surface area (Å²) in [5.41, 5.74) is 0. The van der Waals surface area contributed by atoms with Gasteiger partial charge in [0.05, 0.1) is 30.5 Å². The third-order valence-electron chi connectivity index (χ3n) is 2.50. The van der Waals surface area contributed by atoms with Crippen LogP contribution in [0.25, 0.3) is 0 Å². The molecular formula is C10H13ClN2O2S. The van der Waals surface area contributed by atoms with Crippen molar-refractivity contribution in [3.8, 4) is 0 Å². The van der Waals surface area contributed by atoms with Crippen molar-refractivity contribution < 1.29 is 9.53 Å². The van der Waals surface area contributed by atoms with Gasteiger partial charge in [-0.15, -0.1) is 22.9 Å². The maximum absolute atomic E-state index is 12.2. The number of aryl methyl sites for hydroxylation is 1. The Hall–Kier alpha value is -0.650. The molecule has 1 aromatic rings. The number of halogens is 1. The van der Waals surface area contributed by atoms with Crippen LogP contribution >= 0.6 is 22.9 Å². The molecule has 1 fully saturated rings. The Balaban J connectivity index is 2.13. The van der Waals surface area contributed by atoms with Gasteiger partial charge in [-0.1, -0.05) is 0 Å². The van der Waals surface area contributed by atoms with Gasteiger partial charge < -0.3 is 9.64 Å². The van der Waals surface area contributed by atoms with Crippen molar-refractivity contribution in [2.45, 2.75) is 13.0 Å². The lowest BCUT2D eigenvalue weighted by molar-refractivity contribution is 0.00482. The minimum atomic E-state index is -0.0228. The summed E-state index contributed by atoms with van der Waals surface area (Å²) in [6, 6.07) is -0.0228. The summed E-state index contributed by atoms with van der Waals surface area (Å²) in [5, 5.41) is 0.902. The van der Waals surface area contributed by atoms with Gasteiger partial charge in [0.1, 0.15) is 4.88 Å². The molecule has 2 rings (SSSR count). The smallest absolute Gasteiger partial charge is 0.266 e. The number of morpholine rings is 1. The quantitative estimate of drug-likeness (QED) is 0.758. The Morgan fingerprint density at radius 3 is 3.25 bits per heavy atom. The van der Waals surface area contributed by atoms with Crippen molar-refractivity contribution in [1.29, 1.82) is 0 Å². The molecule has 0 bridgehead atoms. The van der Waals surface area contributed by atoms with E-state index in [1.54, 1.807) is 11.1 Å². The number of alkyl halides is 1. The highest BCUT2D eigenvalue weighted by molar-refractivity contribution is 7.13. The first-order valence-corrected chi connectivity index (χ1v) is 6.44. The van der Waals surface area contributed by atoms with Crippen LogP contribution in [0, 0.1) is 6.92 Å². The van der Waals surface area contributed by atoms with Gasteiger partial charge in [0, 0.05) is 12.4 Å². The van der Waals surface area contributed by atoms with E-state index < -0.39 is 0 Å². The summed E-state index contributed by atoms with van der Waals surface area (Å²) >= 11 is 7.24. The van der Waals surface area contributed by atoms with Gasteiger partial charge in [0.25, 0.3) is 5.91 Å². The zero-order chi connectivity index (χ0) is 11.5. The Labute approximate surface area is 103 Å². The first kappa shape index (κ1) is 11.8. The van der Waals surface area contributed by atoms with Crippen LogP contribution in [0.15, 0.2) is 6.20 Å². The predicted molar refractivity (Wildman–Crippen MR) is 63.2 cm³/mol. The topological polar surface area (TPSA) is 42.4 Å². The molecule has 0 N–H and O–H groups in total. The molecule has 1 aliphatic rings. The molecule has 88 valence electrons. The number of ether oxygens (including phenoxy) is 1. The van der Waals surface area contributed by atoms with Crippen LogP contribution in [0.2, 0.25) is 0 Å². The minimum absolute atomic E-state index is 0.0135. The highest BCUT2D eigenvalue weighted by Gasteiger charge is 2.28. The summed E-state index contributed by atoms with van der Waals surface area (Å²) in [6.07, 6.45) is 1.63. The van der Waals surface area contributed by atoms with Crippen molar-refractivity contribution in [3.63, 3.8) is 0 Å². The van der Waals surface area contributed by atoms with Gasteiger partial charge in [-0.2, -0.15) is 0 Å². The molecule has 0 radical (unpaired) electrons. The van der Waals surface area contributed by atoms with Crippen LogP contribution in [0.3, 0.4) is 0 Å². The number of hydrogen-bond acceptors (Lipinski definition) is 4. The van der Waals surface area contributed by atoms with Crippen LogP contribution < -0.4 is 0 Å². The number of rotatable bonds is 2. The normalized spacial score (nSPS) is 21.1. The number of aromatic nitrogens is 1. The van der Waals surface area contributed by atoms with Crippen molar-refractivity contribution in [2.75, 3.05) is 25.6 Å². The van der Waals surface area contributed by atoms with Crippen molar-refractivity contribution >= 4 is 28.8 Å². The summed E-state index contributed by atoms with van der Waals surface area (Å²) in [4.78, 5) is 18.7. The predicted octanol–water partition coefficient (Wildman–Crippen LogP) is 1.53. The Morgan fingerprint density at radius 1 is 1.81 bits per heavy atom. The average molecular weight is 261 g/mol. The fourth-order valence-corrected chi connectivity index (χ4v) is 2.64. The first-order chi connectivity index (χ1) is 7.72. The molecule has 0 spiro atoms. The molecule has 1 aliphatic heterocycles. The highest BCUT2D eigenvalue weighted by Crippen LogP contribution is 2.18. The molecule has 4 nitrogen and oxygen atoms in total. The molecule has 0 aromatic carbocycles. The van der Waals surface area contributed by atoms with Gasteiger partial charge in [-0.05, 0) is 6.92 Å². The number of hydrogen-bond donors (Lipinski definition) is 0. The number of thiazole rings is 1. The second kappa shape index (κ2) is 5.12. The van der Waals surface area contributed by atoms with E-state index in [4.69, 9.17) is 16.3 Å². The van der Waals surface area contributed by atoms with Gasteiger partial charge in [-0.3, -0.25) is 4.79 Å². The largest absolute Gasteiger partial charge is 0.377 e. The summed E-state index contributed by atoms with van der Waals surface area (Å²) in [6.45, 7) is 3.59. The van der Waals surface area contributed by atoms with E-state index in [9.17, 15) is 4.79 Å². The van der Waals surface area contributed by atoms with Gasteiger partial charge in [0.2, 0.25) is 0 Å². The fourth-order valence-electron chi connectivity index (χ4n) is 1.65. The van der Waals surface area contributed by atoms with Gasteiger partial charge >= 0.3 is 0 Å². The molecule has 6 heteroatoms. The van der Waals surface area contributed by atoms with E-state index in [1.807, 2.05) is 6.92 Å². The SMILES string of the molecule is Cc1ncc(C(=O)N2CCOCC2CCl)s1. The first-order valence-electron chi connectivity index (χ1n) is 5.09. The van der Waals surface area contributed by atoms with Gasteiger partial charge in [-0.25, -0.2) is 4.98 Å². The van der Waals surface area contributed by atoms with Crippen LogP contribution in [0.4, 0.5) is 0 Å². The molecule has 1 amide bonds. The summed E-state index contributed by atoms with van der Waals surface area (Å²) < 4.78 is 5.30. The third kappa shape index (κ3) is 2.36. The molecule has 2 heterocycles. The third-order valence-corrected chi connectivity index (χ3v) is 3.76. The molecule has 1 aromatic heterocycles. The average Bonchev–Trinajstić information content (AvgIpc) is 2.75. The highest BCUT2D eigenvalue weighted by atomic mass is 35.5. The summed E-state index contributed by atoms with van der Waals surface area (Å²) in [5.74, 6) is 0.420. The molecule has 1 unspecified atom stereocenters. The minimum Gasteiger partial charge on any atom is -0.377 e. The van der Waals surface area contributed by atoms with E-state index in [0.717, 1.165) is 5.01 Å². The molecule has 1 atom stereocenters. The van der Waals surface area contributed by atoms with Crippen LogP contribution in [0.5, 0.6) is 0 Å². The van der Waals surface area contributed by atoms with E-state index in [-0.39, 0.29) is 11.9 Å². The maximum atomic E-state index is 12.2. The van der Waals surface area contributed by atoms with E-state index in [1.165, 1.54) is 11.3 Å². The van der Waals surface area contributed by atoms with E-state index in [2.05, 4.69) is 4.98 Å². The van der Waals surface area contributed by atoms with Crippen LogP contribution in [-0.4, -0.2) is 47.5 Å². The lowest BCUT2D eigenvalue weighted by atomic mass is 10.2. The second-order valence-corrected chi connectivity index (χ2v) is 5.17. The Kier molecular flexibility index (Phi) is 3.78. The molecule has 0 aliphatic carbocycles. The molecule has 0 saturated carbocycles. The lowest BCUT2D eigenvalue weighted by Gasteiger charge is -2.34. The summed E-state index contributed by atoms with van der Waals surface area (Å²) in [7, 11) is 0. The molecular weight excluding hydrogens is 248 g/mol. The van der Waals surface area contributed by atoms with Crippen molar-refractivity contribution in [1.82, 2.24) is 9.88 Å². The zero-order valence-electron chi connectivity index (χ0n) is 8.98. The van der Waals surface area contributed by atoms with Crippen molar-refractivity contribution in [3.05, 3.63) is 16.1 Å².